The topological polar surface area (TPSA) is 40.1 Å². The van der Waals surface area contributed by atoms with Gasteiger partial charge in [0.05, 0.1) is 22.7 Å². The molecule has 0 bridgehead atoms. The van der Waals surface area contributed by atoms with Gasteiger partial charge in [0.25, 0.3) is 6.71 Å². The molecule has 2 aliphatic heterocycles. The molecule has 14 rings (SSSR count). The fourth-order valence-electron chi connectivity index (χ4n) is 11.7. The van der Waals surface area contributed by atoms with Crippen molar-refractivity contribution in [1.29, 1.82) is 5.26 Å². The number of benzene rings is 10. The van der Waals surface area contributed by atoms with Crippen LogP contribution in [0.25, 0.3) is 66.1 Å². The molecule has 2 aromatic heterocycles. The second-order valence-electron chi connectivity index (χ2n) is 18.6. The van der Waals surface area contributed by atoms with Crippen molar-refractivity contribution < 1.29 is 0 Å². The number of hydrogen-bond acceptors (Lipinski definition) is 3. The summed E-state index contributed by atoms with van der Waals surface area (Å²) in [5.74, 6) is 0. The molecule has 10 aromatic carbocycles. The summed E-state index contributed by atoms with van der Waals surface area (Å²) in [6, 6.07) is 82.0. The maximum Gasteiger partial charge on any atom is 0.252 e. The minimum Gasteiger partial charge on any atom is -0.311 e. The quantitative estimate of drug-likeness (QED) is 0.150. The Morgan fingerprint density at radius 2 is 0.826 bits per heavy atom. The molecule has 4 heterocycles. The van der Waals surface area contributed by atoms with Crippen molar-refractivity contribution >= 4 is 101 Å². The van der Waals surface area contributed by atoms with Gasteiger partial charge in [0.2, 0.25) is 0 Å². The lowest BCUT2D eigenvalue weighted by Crippen LogP contribution is -2.59. The maximum absolute atomic E-state index is 10.1. The van der Waals surface area contributed by atoms with Crippen LogP contribution in [0.3, 0.4) is 0 Å². The van der Waals surface area contributed by atoms with Crippen molar-refractivity contribution in [2.45, 2.75) is 13.8 Å². The van der Waals surface area contributed by atoms with Crippen LogP contribution >= 0.6 is 0 Å². The van der Waals surface area contributed by atoms with Crippen molar-refractivity contribution in [2.75, 3.05) is 9.80 Å². The molecule has 0 spiro atoms. The third-order valence-corrected chi connectivity index (χ3v) is 14.5. The lowest BCUT2D eigenvalue weighted by molar-refractivity contribution is 1.14. The van der Waals surface area contributed by atoms with Gasteiger partial charge in [0, 0.05) is 78.1 Å². The zero-order valence-corrected chi connectivity index (χ0v) is 38.1. The summed E-state index contributed by atoms with van der Waals surface area (Å²) in [7, 11) is 0. The summed E-state index contributed by atoms with van der Waals surface area (Å²) < 4.78 is 5.10. The van der Waals surface area contributed by atoms with Crippen LogP contribution in [0.2, 0.25) is 0 Å². The van der Waals surface area contributed by atoms with Gasteiger partial charge in [-0.15, -0.1) is 0 Å². The van der Waals surface area contributed by atoms with Gasteiger partial charge in [-0.1, -0.05) is 108 Å². The molecule has 0 atom stereocenters. The third-order valence-electron chi connectivity index (χ3n) is 14.5. The molecule has 0 saturated heterocycles. The summed E-state index contributed by atoms with van der Waals surface area (Å²) in [5.41, 5.74) is 22.6. The largest absolute Gasteiger partial charge is 0.311 e. The Morgan fingerprint density at radius 1 is 0.391 bits per heavy atom. The Labute approximate surface area is 400 Å². The van der Waals surface area contributed by atoms with Gasteiger partial charge in [-0.2, -0.15) is 5.26 Å². The average molecular weight is 880 g/mol. The Balaban J connectivity index is 1.17. The predicted octanol–water partition coefficient (Wildman–Crippen LogP) is 14.1. The van der Waals surface area contributed by atoms with Crippen molar-refractivity contribution in [2.24, 2.45) is 0 Å². The fraction of sp³-hybridized carbons (Fsp3) is 0.0317. The van der Waals surface area contributed by atoms with Crippen LogP contribution in [0.4, 0.5) is 34.1 Å². The molecule has 0 radical (unpaired) electrons. The van der Waals surface area contributed by atoms with Crippen molar-refractivity contribution in [1.82, 2.24) is 9.13 Å². The van der Waals surface area contributed by atoms with Crippen LogP contribution in [-0.2, 0) is 0 Å². The SMILES string of the molecule is Cc1ccc2c(c1)c1cc(N(c3ccccc3)c3ccccc3)cc3c1n2-c1cc(-c2cccc(C#N)c2)cc2c1B3c1cc(N(c3ccccc3)c3ccccc3)cc3c4cc(C)ccc4n-2c13. The first-order valence-corrected chi connectivity index (χ1v) is 23.7. The molecule has 0 fully saturated rings. The van der Waals surface area contributed by atoms with Gasteiger partial charge in [0.15, 0.2) is 0 Å². The van der Waals surface area contributed by atoms with E-state index in [0.29, 0.717) is 5.56 Å². The summed E-state index contributed by atoms with van der Waals surface area (Å²) in [6.07, 6.45) is 0. The number of fused-ring (bicyclic) bond motifs is 10. The molecule has 12 aromatic rings. The molecule has 0 aliphatic carbocycles. The van der Waals surface area contributed by atoms with E-state index in [9.17, 15) is 5.26 Å². The molecule has 69 heavy (non-hydrogen) atoms. The molecule has 2 aliphatic rings. The Morgan fingerprint density at radius 3 is 1.25 bits per heavy atom. The summed E-state index contributed by atoms with van der Waals surface area (Å²) in [5, 5.41) is 15.0. The Kier molecular flexibility index (Phi) is 8.50. The molecule has 322 valence electrons. The van der Waals surface area contributed by atoms with Gasteiger partial charge in [0.1, 0.15) is 0 Å². The first kappa shape index (κ1) is 39.2. The highest BCUT2D eigenvalue weighted by atomic mass is 15.2. The standard InChI is InChI=1S/C63H42BN5/c1-40-26-28-57-51(30-40)53-35-49(66(45-18-7-3-8-19-45)46-20-9-4-10-21-46)37-55-62(53)68(57)59-33-44(43-17-15-16-42(32-43)39-65)34-60-61(59)64(55)56-38-50(36-54-52-31-41(2)27-29-58(52)69(60)63(54)56)67(47-22-11-5-12-23-47)48-24-13-6-14-25-48/h3-38H,1-2H3. The van der Waals surface area contributed by atoms with Crippen LogP contribution in [0.1, 0.15) is 16.7 Å². The molecular weight excluding hydrogens is 838 g/mol. The molecule has 0 amide bonds. The number of nitriles is 1. The summed E-state index contributed by atoms with van der Waals surface area (Å²) in [4.78, 5) is 4.83. The zero-order valence-electron chi connectivity index (χ0n) is 38.1. The minimum atomic E-state index is -0.156. The number of para-hydroxylation sites is 4. The highest BCUT2D eigenvalue weighted by Crippen LogP contribution is 2.46. The number of rotatable bonds is 7. The van der Waals surface area contributed by atoms with Crippen LogP contribution in [-0.4, -0.2) is 15.8 Å². The Bertz CT molecular complexity index is 3800. The van der Waals surface area contributed by atoms with Crippen molar-refractivity contribution in [3.05, 3.63) is 235 Å². The zero-order chi connectivity index (χ0) is 45.9. The summed E-state index contributed by atoms with van der Waals surface area (Å²) >= 11 is 0. The number of aryl methyl sites for hydroxylation is 2. The van der Waals surface area contributed by atoms with Crippen LogP contribution in [0, 0.1) is 25.2 Å². The number of hydrogen-bond donors (Lipinski definition) is 0. The molecule has 5 nitrogen and oxygen atoms in total. The monoisotopic (exact) mass is 879 g/mol. The number of aromatic nitrogens is 2. The van der Waals surface area contributed by atoms with Crippen LogP contribution in [0.15, 0.2) is 218 Å². The maximum atomic E-state index is 10.1. The summed E-state index contributed by atoms with van der Waals surface area (Å²) in [6.45, 7) is 4.24. The second kappa shape index (κ2) is 15.0. The molecule has 6 heteroatoms. The van der Waals surface area contributed by atoms with E-state index in [0.717, 1.165) is 56.6 Å². The number of nitrogens with zero attached hydrogens (tertiary/aromatic N) is 5. The first-order valence-electron chi connectivity index (χ1n) is 23.7. The van der Waals surface area contributed by atoms with E-state index >= 15 is 0 Å². The highest BCUT2D eigenvalue weighted by molar-refractivity contribution is 7.00. The smallest absolute Gasteiger partial charge is 0.252 e. The van der Waals surface area contributed by atoms with E-state index in [1.165, 1.54) is 71.1 Å². The lowest BCUT2D eigenvalue weighted by atomic mass is 9.34. The van der Waals surface area contributed by atoms with E-state index in [1.54, 1.807) is 0 Å². The first-order chi connectivity index (χ1) is 34.0. The normalized spacial score (nSPS) is 12.2. The highest BCUT2D eigenvalue weighted by Gasteiger charge is 2.42. The van der Waals surface area contributed by atoms with E-state index in [-0.39, 0.29) is 6.71 Å². The Hall–Kier alpha value is -9.05. The van der Waals surface area contributed by atoms with Crippen molar-refractivity contribution in [3.63, 3.8) is 0 Å². The van der Waals surface area contributed by atoms with Crippen molar-refractivity contribution in [3.8, 4) is 28.6 Å². The van der Waals surface area contributed by atoms with Gasteiger partial charge < -0.3 is 18.9 Å². The molecule has 0 saturated carbocycles. The lowest BCUT2D eigenvalue weighted by Gasteiger charge is -2.36. The van der Waals surface area contributed by atoms with Crippen LogP contribution in [0.5, 0.6) is 0 Å². The van der Waals surface area contributed by atoms with E-state index in [1.807, 2.05) is 18.2 Å². The third kappa shape index (κ3) is 5.84. The van der Waals surface area contributed by atoms with E-state index < -0.39 is 0 Å². The van der Waals surface area contributed by atoms with E-state index in [4.69, 9.17) is 0 Å². The van der Waals surface area contributed by atoms with Crippen LogP contribution < -0.4 is 26.2 Å². The number of anilines is 6. The second-order valence-corrected chi connectivity index (χ2v) is 18.6. The molecule has 0 N–H and O–H groups in total. The fourth-order valence-corrected chi connectivity index (χ4v) is 11.7. The minimum absolute atomic E-state index is 0.156. The average Bonchev–Trinajstić information content (AvgIpc) is 3.90. The van der Waals surface area contributed by atoms with Gasteiger partial charge in [-0.25, -0.2) is 0 Å². The molecular formula is C63H42BN5. The predicted molar refractivity (Wildman–Crippen MR) is 289 cm³/mol. The van der Waals surface area contributed by atoms with Gasteiger partial charge in [-0.05, 0) is 163 Å². The molecule has 0 unspecified atom stereocenters. The van der Waals surface area contributed by atoms with E-state index in [2.05, 4.69) is 239 Å². The van der Waals surface area contributed by atoms with Gasteiger partial charge >= 0.3 is 0 Å². The van der Waals surface area contributed by atoms with Gasteiger partial charge in [-0.3, -0.25) is 0 Å².